The molecule has 9 heteroatoms. The van der Waals surface area contributed by atoms with E-state index in [1.165, 1.54) is 17.3 Å². The summed E-state index contributed by atoms with van der Waals surface area (Å²) in [7, 11) is 3.42. The Bertz CT molecular complexity index is 500. The van der Waals surface area contributed by atoms with Gasteiger partial charge in [0.25, 0.3) is 5.95 Å². The maximum atomic E-state index is 4.98. The van der Waals surface area contributed by atoms with Crippen molar-refractivity contribution in [3.8, 4) is 5.95 Å². The monoisotopic (exact) mass is 264 g/mol. The van der Waals surface area contributed by atoms with Crippen molar-refractivity contribution in [2.45, 2.75) is 6.42 Å². The van der Waals surface area contributed by atoms with Crippen molar-refractivity contribution in [3.63, 3.8) is 0 Å². The van der Waals surface area contributed by atoms with Crippen molar-refractivity contribution in [1.82, 2.24) is 29.7 Å². The van der Waals surface area contributed by atoms with Crippen LogP contribution in [0, 0.1) is 0 Å². The van der Waals surface area contributed by atoms with E-state index >= 15 is 0 Å². The van der Waals surface area contributed by atoms with E-state index in [-0.39, 0.29) is 0 Å². The molecule has 0 bridgehead atoms. The molecule has 0 unspecified atom stereocenters. The Morgan fingerprint density at radius 3 is 2.79 bits per heavy atom. The van der Waals surface area contributed by atoms with Gasteiger partial charge >= 0.3 is 0 Å². The maximum Gasteiger partial charge on any atom is 0.258 e. The van der Waals surface area contributed by atoms with Gasteiger partial charge in [-0.2, -0.15) is 24.7 Å². The number of ether oxygens (including phenoxy) is 1. The number of rotatable bonds is 7. The first-order valence-electron chi connectivity index (χ1n) is 5.85. The third-order valence-corrected chi connectivity index (χ3v) is 2.28. The highest BCUT2D eigenvalue weighted by molar-refractivity contribution is 5.37. The number of methoxy groups -OCH3 is 1. The van der Waals surface area contributed by atoms with Gasteiger partial charge in [-0.1, -0.05) is 0 Å². The van der Waals surface area contributed by atoms with Gasteiger partial charge in [-0.05, 0) is 6.42 Å². The summed E-state index contributed by atoms with van der Waals surface area (Å²) in [5.74, 6) is 1.36. The first-order chi connectivity index (χ1) is 9.33. The highest BCUT2D eigenvalue weighted by Gasteiger charge is 2.07. The van der Waals surface area contributed by atoms with Crippen molar-refractivity contribution in [2.75, 3.05) is 37.9 Å². The molecule has 0 aliphatic carbocycles. The molecule has 0 amide bonds. The quantitative estimate of drug-likeness (QED) is 0.671. The number of aromatic nitrogens is 6. The average molecular weight is 264 g/mol. The van der Waals surface area contributed by atoms with Gasteiger partial charge in [0.05, 0.1) is 0 Å². The zero-order chi connectivity index (χ0) is 13.5. The molecule has 2 heterocycles. The van der Waals surface area contributed by atoms with Crippen LogP contribution in [0.4, 0.5) is 11.9 Å². The number of nitrogens with one attached hydrogen (secondary N) is 2. The Labute approximate surface area is 110 Å². The van der Waals surface area contributed by atoms with Crippen LogP contribution in [-0.2, 0) is 4.74 Å². The summed E-state index contributed by atoms with van der Waals surface area (Å²) in [5.41, 5.74) is 0. The van der Waals surface area contributed by atoms with E-state index in [4.69, 9.17) is 4.74 Å². The number of anilines is 2. The smallest absolute Gasteiger partial charge is 0.258 e. The molecule has 0 aromatic carbocycles. The largest absolute Gasteiger partial charge is 0.385 e. The number of hydrogen-bond donors (Lipinski definition) is 2. The lowest BCUT2D eigenvalue weighted by Crippen LogP contribution is -2.13. The third kappa shape index (κ3) is 3.58. The fourth-order valence-electron chi connectivity index (χ4n) is 1.39. The van der Waals surface area contributed by atoms with Crippen LogP contribution in [0.2, 0.25) is 0 Å². The van der Waals surface area contributed by atoms with E-state index < -0.39 is 0 Å². The predicted octanol–water partition coefficient (Wildman–Crippen LogP) is -0.0576. The highest BCUT2D eigenvalue weighted by atomic mass is 16.5. The fourth-order valence-corrected chi connectivity index (χ4v) is 1.39. The minimum absolute atomic E-state index is 0.408. The summed E-state index contributed by atoms with van der Waals surface area (Å²) in [6.07, 6.45) is 3.83. The Kier molecular flexibility index (Phi) is 4.56. The maximum absolute atomic E-state index is 4.98. The molecular weight excluding hydrogens is 248 g/mol. The molecule has 0 aliphatic heterocycles. The van der Waals surface area contributed by atoms with Crippen LogP contribution in [0.3, 0.4) is 0 Å². The standard InChI is InChI=1S/C10H16N8O/c1-11-8-15-9(13-4-3-5-19-2)17-10(16-8)18-7-12-6-14-18/h6-7H,3-5H2,1-2H3,(H2,11,13,15,16,17). The lowest BCUT2D eigenvalue weighted by Gasteiger charge is -2.07. The Balaban J connectivity index is 2.12. The molecule has 2 rings (SSSR count). The summed E-state index contributed by atoms with van der Waals surface area (Å²) in [6, 6.07) is 0. The van der Waals surface area contributed by atoms with Gasteiger partial charge in [-0.3, -0.25) is 0 Å². The number of hydrogen-bond acceptors (Lipinski definition) is 8. The Hall–Kier alpha value is -2.29. The molecule has 0 fully saturated rings. The van der Waals surface area contributed by atoms with Gasteiger partial charge < -0.3 is 15.4 Å². The normalized spacial score (nSPS) is 10.4. The third-order valence-electron chi connectivity index (χ3n) is 2.28. The number of nitrogens with zero attached hydrogens (tertiary/aromatic N) is 6. The van der Waals surface area contributed by atoms with Crippen LogP contribution in [0.1, 0.15) is 6.42 Å². The highest BCUT2D eigenvalue weighted by Crippen LogP contribution is 2.07. The summed E-state index contributed by atoms with van der Waals surface area (Å²) in [5, 5.41) is 9.99. The second kappa shape index (κ2) is 6.59. The van der Waals surface area contributed by atoms with Crippen molar-refractivity contribution in [3.05, 3.63) is 12.7 Å². The molecule has 0 radical (unpaired) electrons. The lowest BCUT2D eigenvalue weighted by atomic mass is 10.4. The van der Waals surface area contributed by atoms with Crippen molar-refractivity contribution < 1.29 is 4.74 Å². The van der Waals surface area contributed by atoms with E-state index in [1.54, 1.807) is 14.2 Å². The SMILES string of the molecule is CNc1nc(NCCCOC)nc(-n2cncn2)n1. The van der Waals surface area contributed by atoms with Crippen molar-refractivity contribution >= 4 is 11.9 Å². The molecule has 2 aromatic heterocycles. The first kappa shape index (κ1) is 13.1. The van der Waals surface area contributed by atoms with Crippen LogP contribution in [-0.4, -0.2) is 57.0 Å². The molecule has 0 spiro atoms. The average Bonchev–Trinajstić information content (AvgIpc) is 2.97. The van der Waals surface area contributed by atoms with Gasteiger partial charge in [0, 0.05) is 27.3 Å². The molecule has 0 aliphatic rings. The van der Waals surface area contributed by atoms with E-state index in [1.807, 2.05) is 0 Å². The van der Waals surface area contributed by atoms with E-state index in [0.29, 0.717) is 24.5 Å². The molecule has 2 N–H and O–H groups in total. The summed E-state index contributed by atoms with van der Waals surface area (Å²) in [6.45, 7) is 1.41. The van der Waals surface area contributed by atoms with Crippen LogP contribution in [0.15, 0.2) is 12.7 Å². The fraction of sp³-hybridized carbons (Fsp3) is 0.500. The van der Waals surface area contributed by atoms with Gasteiger partial charge in [0.15, 0.2) is 0 Å². The molecule has 19 heavy (non-hydrogen) atoms. The lowest BCUT2D eigenvalue weighted by molar-refractivity contribution is 0.197. The van der Waals surface area contributed by atoms with Crippen LogP contribution in [0.5, 0.6) is 0 Å². The van der Waals surface area contributed by atoms with E-state index in [2.05, 4.69) is 35.7 Å². The molecule has 9 nitrogen and oxygen atoms in total. The minimum Gasteiger partial charge on any atom is -0.385 e. The summed E-state index contributed by atoms with van der Waals surface area (Å²) < 4.78 is 6.45. The zero-order valence-electron chi connectivity index (χ0n) is 10.9. The topological polar surface area (TPSA) is 103 Å². The van der Waals surface area contributed by atoms with E-state index in [9.17, 15) is 0 Å². The predicted molar refractivity (Wildman–Crippen MR) is 69.3 cm³/mol. The van der Waals surface area contributed by atoms with Crippen molar-refractivity contribution in [1.29, 1.82) is 0 Å². The van der Waals surface area contributed by atoms with Gasteiger partial charge in [0.2, 0.25) is 11.9 Å². The molecule has 0 atom stereocenters. The Morgan fingerprint density at radius 2 is 2.11 bits per heavy atom. The minimum atomic E-state index is 0.408. The first-order valence-corrected chi connectivity index (χ1v) is 5.85. The van der Waals surface area contributed by atoms with Crippen LogP contribution >= 0.6 is 0 Å². The second-order valence-corrected chi connectivity index (χ2v) is 3.65. The van der Waals surface area contributed by atoms with Gasteiger partial charge in [-0.25, -0.2) is 4.98 Å². The molecule has 0 saturated heterocycles. The summed E-state index contributed by atoms with van der Waals surface area (Å²) >= 11 is 0. The van der Waals surface area contributed by atoms with Gasteiger partial charge in [0.1, 0.15) is 12.7 Å². The Morgan fingerprint density at radius 1 is 1.26 bits per heavy atom. The second-order valence-electron chi connectivity index (χ2n) is 3.65. The zero-order valence-corrected chi connectivity index (χ0v) is 10.9. The molecule has 2 aromatic rings. The molecular formula is C10H16N8O. The molecule has 102 valence electrons. The van der Waals surface area contributed by atoms with Crippen molar-refractivity contribution in [2.24, 2.45) is 0 Å². The van der Waals surface area contributed by atoms with Crippen LogP contribution in [0.25, 0.3) is 5.95 Å². The van der Waals surface area contributed by atoms with E-state index in [0.717, 1.165) is 13.0 Å². The van der Waals surface area contributed by atoms with Gasteiger partial charge in [-0.15, -0.1) is 0 Å². The summed E-state index contributed by atoms with van der Waals surface area (Å²) in [4.78, 5) is 16.5. The van der Waals surface area contributed by atoms with Crippen LogP contribution < -0.4 is 10.6 Å². The molecule has 0 saturated carbocycles.